The fourth-order valence-corrected chi connectivity index (χ4v) is 4.18. The Morgan fingerprint density at radius 2 is 1.32 bits per heavy atom. The molecule has 0 N–H and O–H groups in total. The van der Waals surface area contributed by atoms with Gasteiger partial charge in [-0.3, -0.25) is 6.08 Å². The molecule has 0 amide bonds. The molecule has 1 radical (unpaired) electrons. The van der Waals surface area contributed by atoms with E-state index < -0.39 is 8.80 Å². The molecule has 0 saturated heterocycles. The molecule has 0 spiro atoms. The topological polar surface area (TPSA) is 0 Å². The summed E-state index contributed by atoms with van der Waals surface area (Å²) in [5.74, 6) is 0. The van der Waals surface area contributed by atoms with Gasteiger partial charge in [-0.15, -0.1) is 6.42 Å². The van der Waals surface area contributed by atoms with Crippen LogP contribution in [0.25, 0.3) is 0 Å². The number of rotatable bonds is 1. The first-order valence-electron chi connectivity index (χ1n) is 6.40. The van der Waals surface area contributed by atoms with Gasteiger partial charge in [-0.25, -0.2) is 5.57 Å². The molecule has 4 heteroatoms. The van der Waals surface area contributed by atoms with Crippen molar-refractivity contribution in [2.24, 2.45) is 10.8 Å². The Morgan fingerprint density at radius 1 is 0.895 bits per heavy atom. The third-order valence-corrected chi connectivity index (χ3v) is 5.11. The molecule has 0 aromatic rings. The zero-order valence-electron chi connectivity index (χ0n) is 13.5. The van der Waals surface area contributed by atoms with Crippen LogP contribution in [0.1, 0.15) is 48.0 Å². The molecular formula is C15H27Cl2SiTi. The maximum atomic E-state index is 3.66. The van der Waals surface area contributed by atoms with Gasteiger partial charge in [-0.1, -0.05) is 60.1 Å². The fourth-order valence-electron chi connectivity index (χ4n) is 2.51. The molecule has 109 valence electrons. The van der Waals surface area contributed by atoms with Crippen LogP contribution in [0.15, 0.2) is 16.3 Å². The van der Waals surface area contributed by atoms with E-state index in [1.807, 2.05) is 0 Å². The van der Waals surface area contributed by atoms with Crippen molar-refractivity contribution in [1.82, 2.24) is 0 Å². The molecule has 0 fully saturated rings. The van der Waals surface area contributed by atoms with Crippen molar-refractivity contribution in [2.45, 2.75) is 61.1 Å². The molecule has 0 aromatic carbocycles. The van der Waals surface area contributed by atoms with Gasteiger partial charge in [0, 0.05) is 8.80 Å². The first-order valence-corrected chi connectivity index (χ1v) is 9.29. The molecule has 19 heavy (non-hydrogen) atoms. The smallest absolute Gasteiger partial charge is 1.00 e. The molecule has 0 heterocycles. The van der Waals surface area contributed by atoms with Crippen molar-refractivity contribution in [3.05, 3.63) is 22.4 Å². The number of hydrogen-bond acceptors (Lipinski definition) is 0. The van der Waals surface area contributed by atoms with Crippen LogP contribution in [0.5, 0.6) is 0 Å². The third-order valence-electron chi connectivity index (χ3n) is 3.22. The summed E-state index contributed by atoms with van der Waals surface area (Å²) < 4.78 is 0. The van der Waals surface area contributed by atoms with Crippen LogP contribution >= 0.6 is 0 Å². The predicted octanol–water partition coefficient (Wildman–Crippen LogP) is -1.46. The molecule has 0 saturated carbocycles. The largest absolute Gasteiger partial charge is 3.00 e. The van der Waals surface area contributed by atoms with Crippen molar-refractivity contribution in [1.29, 1.82) is 0 Å². The minimum atomic E-state index is -0.695. The molecule has 0 atom stereocenters. The summed E-state index contributed by atoms with van der Waals surface area (Å²) in [6, 6.07) is 0. The van der Waals surface area contributed by atoms with Crippen LogP contribution in [-0.2, 0) is 21.7 Å². The summed E-state index contributed by atoms with van der Waals surface area (Å²) in [5.41, 5.74) is 3.63. The van der Waals surface area contributed by atoms with E-state index in [4.69, 9.17) is 0 Å². The second kappa shape index (κ2) is 8.44. The molecule has 0 bridgehead atoms. The Hall–Kier alpha value is 0.991. The molecule has 1 rings (SSSR count). The van der Waals surface area contributed by atoms with E-state index in [2.05, 4.69) is 60.7 Å². The van der Waals surface area contributed by atoms with Gasteiger partial charge in [0.05, 0.1) is 0 Å². The predicted molar refractivity (Wildman–Crippen MR) is 76.2 cm³/mol. The molecule has 0 unspecified atom stereocenters. The van der Waals surface area contributed by atoms with E-state index in [0.29, 0.717) is 0 Å². The van der Waals surface area contributed by atoms with E-state index in [-0.39, 0.29) is 57.4 Å². The van der Waals surface area contributed by atoms with Gasteiger partial charge in [0.2, 0.25) is 0 Å². The quantitative estimate of drug-likeness (QED) is 0.399. The molecule has 1 aliphatic rings. The molecule has 1 aliphatic carbocycles. The van der Waals surface area contributed by atoms with Gasteiger partial charge < -0.3 is 24.8 Å². The Balaban J connectivity index is -0.000000853. The molecule has 0 aliphatic heterocycles. The van der Waals surface area contributed by atoms with Crippen LogP contribution in [-0.4, -0.2) is 8.80 Å². The summed E-state index contributed by atoms with van der Waals surface area (Å²) >= 11 is 0. The first kappa shape index (κ1) is 25.0. The van der Waals surface area contributed by atoms with Crippen molar-refractivity contribution in [2.75, 3.05) is 0 Å². The Kier molecular flexibility index (Phi) is 11.1. The van der Waals surface area contributed by atoms with Gasteiger partial charge in [-0.2, -0.15) is 10.8 Å². The van der Waals surface area contributed by atoms with Gasteiger partial charge >= 0.3 is 21.7 Å². The van der Waals surface area contributed by atoms with Crippen LogP contribution in [0.3, 0.4) is 0 Å². The zero-order valence-corrected chi connectivity index (χ0v) is 17.8. The van der Waals surface area contributed by atoms with Crippen molar-refractivity contribution in [3.63, 3.8) is 0 Å². The summed E-state index contributed by atoms with van der Waals surface area (Å²) in [6.07, 6.45) is 4.76. The second-order valence-corrected chi connectivity index (χ2v) is 10.3. The first-order chi connectivity index (χ1) is 7.05. The third kappa shape index (κ3) is 6.10. The van der Waals surface area contributed by atoms with E-state index >= 15 is 0 Å². The standard InChI is InChI=1S/C15H27Si.2ClH.Ti/c1-14(2,3)11-9-10-12(16(7)8)13(11)15(4,5)6;;;/h16H,10H2,1-8H3;2*1H;/q-1;;;+3/p-2. The Bertz CT molecular complexity index is 344. The molecule has 0 nitrogen and oxygen atoms in total. The average Bonchev–Trinajstić information content (AvgIpc) is 2.43. The minimum Gasteiger partial charge on any atom is -1.00 e. The van der Waals surface area contributed by atoms with E-state index in [0.717, 1.165) is 6.42 Å². The number of hydrogen-bond donors (Lipinski definition) is 0. The summed E-state index contributed by atoms with van der Waals surface area (Å²) in [7, 11) is -0.695. The van der Waals surface area contributed by atoms with Crippen molar-refractivity contribution >= 4 is 8.80 Å². The number of halogens is 2. The molecular weight excluding hydrogens is 327 g/mol. The maximum Gasteiger partial charge on any atom is 3.00 e. The Labute approximate surface area is 149 Å². The Morgan fingerprint density at radius 3 is 1.58 bits per heavy atom. The van der Waals surface area contributed by atoms with Crippen molar-refractivity contribution < 1.29 is 46.5 Å². The van der Waals surface area contributed by atoms with Crippen LogP contribution in [0.4, 0.5) is 0 Å². The fraction of sp³-hybridized carbons (Fsp3) is 0.733. The van der Waals surface area contributed by atoms with E-state index in [1.54, 1.807) is 10.8 Å². The van der Waals surface area contributed by atoms with Crippen LogP contribution in [0, 0.1) is 16.9 Å². The SMILES string of the molecule is C[SiH](C)C1=C(C(C)(C)C)C(C(C)(C)C)=[C-]C1.[Cl-].[Cl-].[Ti+3]. The van der Waals surface area contributed by atoms with Crippen LogP contribution < -0.4 is 24.8 Å². The summed E-state index contributed by atoms with van der Waals surface area (Å²) in [5, 5.41) is 1.73. The maximum absolute atomic E-state index is 3.66. The van der Waals surface area contributed by atoms with Gasteiger partial charge in [0.15, 0.2) is 0 Å². The zero-order chi connectivity index (χ0) is 12.7. The average molecular weight is 354 g/mol. The second-order valence-electron chi connectivity index (χ2n) is 7.28. The molecule has 0 aromatic heterocycles. The number of allylic oxidation sites excluding steroid dienone is 4. The minimum absolute atomic E-state index is 0. The van der Waals surface area contributed by atoms with Gasteiger partial charge in [0.1, 0.15) is 0 Å². The summed E-state index contributed by atoms with van der Waals surface area (Å²) in [6.45, 7) is 18.8. The van der Waals surface area contributed by atoms with Gasteiger partial charge in [-0.05, 0) is 5.41 Å². The van der Waals surface area contributed by atoms with Crippen LogP contribution in [0.2, 0.25) is 13.1 Å². The monoisotopic (exact) mass is 353 g/mol. The van der Waals surface area contributed by atoms with Crippen molar-refractivity contribution in [3.8, 4) is 0 Å². The van der Waals surface area contributed by atoms with E-state index in [1.165, 1.54) is 5.57 Å². The van der Waals surface area contributed by atoms with E-state index in [9.17, 15) is 0 Å². The normalized spacial score (nSPS) is 15.5. The summed E-state index contributed by atoms with van der Waals surface area (Å²) in [4.78, 5) is 0. The van der Waals surface area contributed by atoms with Gasteiger partial charge in [0.25, 0.3) is 0 Å².